The van der Waals surface area contributed by atoms with Crippen LogP contribution in [0.4, 0.5) is 0 Å². The van der Waals surface area contributed by atoms with Gasteiger partial charge in [-0.05, 0) is 37.6 Å². The summed E-state index contributed by atoms with van der Waals surface area (Å²) < 4.78 is 2.23. The van der Waals surface area contributed by atoms with Crippen LogP contribution in [0.3, 0.4) is 0 Å². The molecule has 2 heteroatoms. The molecule has 92 valence electrons. The van der Waals surface area contributed by atoms with Gasteiger partial charge >= 0.3 is 0 Å². The van der Waals surface area contributed by atoms with E-state index < -0.39 is 0 Å². The molecule has 1 heterocycles. The highest BCUT2D eigenvalue weighted by molar-refractivity contribution is 6.04. The van der Waals surface area contributed by atoms with E-state index >= 15 is 0 Å². The van der Waals surface area contributed by atoms with Gasteiger partial charge in [-0.3, -0.25) is 0 Å². The lowest BCUT2D eigenvalue weighted by atomic mass is 10.0. The number of hydrogen-bond donors (Lipinski definition) is 0. The summed E-state index contributed by atoms with van der Waals surface area (Å²) in [4.78, 5) is 0. The Bertz CT molecular complexity index is 732. The maximum atomic E-state index is 2.28. The average molecular weight is 258 g/mol. The number of aryl methyl sites for hydroxylation is 3. The number of fused-ring (bicyclic) bond motifs is 3. The molecule has 0 radical (unpaired) electrons. The zero-order valence-corrected chi connectivity index (χ0v) is 11.6. The van der Waals surface area contributed by atoms with Crippen LogP contribution in [-0.4, -0.2) is 0 Å². The zero-order valence-electron chi connectivity index (χ0n) is 10.9. The summed E-state index contributed by atoms with van der Waals surface area (Å²) in [6.45, 7) is 4.35. The van der Waals surface area contributed by atoms with Gasteiger partial charge in [0.05, 0.1) is 5.39 Å². The van der Waals surface area contributed by atoms with E-state index in [9.17, 15) is 0 Å². The maximum absolute atomic E-state index is 2.28. The van der Waals surface area contributed by atoms with Gasteiger partial charge in [-0.1, -0.05) is 18.2 Å². The topological polar surface area (TPSA) is 3.88 Å². The highest BCUT2D eigenvalue weighted by Gasteiger charge is 2.12. The summed E-state index contributed by atoms with van der Waals surface area (Å²) in [5, 5.41) is 3.99. The molecule has 0 atom stereocenters. The summed E-state index contributed by atoms with van der Waals surface area (Å²) in [7, 11) is 2.12. The van der Waals surface area contributed by atoms with E-state index in [2.05, 4.69) is 68.1 Å². The van der Waals surface area contributed by atoms with Crippen LogP contribution in [0.5, 0.6) is 0 Å². The largest absolute Gasteiger partial charge is 1.00 e. The Morgan fingerprint density at radius 3 is 2.44 bits per heavy atom. The van der Waals surface area contributed by atoms with Crippen LogP contribution in [0.25, 0.3) is 21.7 Å². The van der Waals surface area contributed by atoms with Crippen molar-refractivity contribution in [3.05, 3.63) is 53.7 Å². The molecular formula is C16H16ClN. The Morgan fingerprint density at radius 2 is 1.67 bits per heavy atom. The Hall–Kier alpha value is -1.60. The van der Waals surface area contributed by atoms with Crippen LogP contribution < -0.4 is 17.0 Å². The SMILES string of the molecule is Cc1cc(C)c2c(c1)c1ccccc1c[n+]2C.[Cl-]. The standard InChI is InChI=1S/C16H16N.ClH/c1-11-8-12(2)16-15(9-11)14-7-5-4-6-13(14)10-17(16)3;/h4-10H,1-3H3;1H/q+1;/p-1. The minimum Gasteiger partial charge on any atom is -1.00 e. The fraction of sp³-hybridized carbons (Fsp3) is 0.188. The molecule has 0 saturated heterocycles. The quantitative estimate of drug-likeness (QED) is 0.407. The Morgan fingerprint density at radius 1 is 0.944 bits per heavy atom. The number of aromatic nitrogens is 1. The highest BCUT2D eigenvalue weighted by atomic mass is 35.5. The predicted octanol–water partition coefficient (Wildman–Crippen LogP) is 0.438. The van der Waals surface area contributed by atoms with E-state index in [1.807, 2.05) is 0 Å². The lowest BCUT2D eigenvalue weighted by Crippen LogP contribution is -3.00. The fourth-order valence-corrected chi connectivity index (χ4v) is 2.76. The van der Waals surface area contributed by atoms with Gasteiger partial charge in [0, 0.05) is 16.3 Å². The number of nitrogens with zero attached hydrogens (tertiary/aromatic N) is 1. The molecule has 0 aliphatic rings. The van der Waals surface area contributed by atoms with Crippen molar-refractivity contribution < 1.29 is 17.0 Å². The first-order chi connectivity index (χ1) is 8.16. The van der Waals surface area contributed by atoms with Gasteiger partial charge < -0.3 is 12.4 Å². The van der Waals surface area contributed by atoms with Crippen molar-refractivity contribution in [2.24, 2.45) is 7.05 Å². The minimum absolute atomic E-state index is 0. The molecule has 2 aromatic carbocycles. The second-order valence-corrected chi connectivity index (χ2v) is 4.81. The number of pyridine rings is 1. The number of halogens is 1. The fourth-order valence-electron chi connectivity index (χ4n) is 2.76. The first-order valence-electron chi connectivity index (χ1n) is 5.95. The normalized spacial score (nSPS) is 10.6. The lowest BCUT2D eigenvalue weighted by Gasteiger charge is -2.06. The van der Waals surface area contributed by atoms with Crippen molar-refractivity contribution in [1.82, 2.24) is 0 Å². The molecule has 0 spiro atoms. The third-order valence-electron chi connectivity index (χ3n) is 3.38. The van der Waals surface area contributed by atoms with Crippen molar-refractivity contribution in [2.75, 3.05) is 0 Å². The van der Waals surface area contributed by atoms with Crippen molar-refractivity contribution in [2.45, 2.75) is 13.8 Å². The Kier molecular flexibility index (Phi) is 3.27. The molecule has 0 saturated carbocycles. The predicted molar refractivity (Wildman–Crippen MR) is 72.1 cm³/mol. The average Bonchev–Trinajstić information content (AvgIpc) is 2.28. The van der Waals surface area contributed by atoms with Crippen LogP contribution in [0, 0.1) is 13.8 Å². The summed E-state index contributed by atoms with van der Waals surface area (Å²) in [6, 6.07) is 13.1. The van der Waals surface area contributed by atoms with Crippen LogP contribution in [0.2, 0.25) is 0 Å². The molecular weight excluding hydrogens is 242 g/mol. The zero-order chi connectivity index (χ0) is 12.0. The molecule has 0 unspecified atom stereocenters. The summed E-state index contributed by atoms with van der Waals surface area (Å²) in [5.41, 5.74) is 3.99. The molecule has 1 aromatic heterocycles. The molecule has 0 bridgehead atoms. The van der Waals surface area contributed by atoms with Crippen molar-refractivity contribution in [3.8, 4) is 0 Å². The summed E-state index contributed by atoms with van der Waals surface area (Å²) in [6.07, 6.45) is 2.21. The molecule has 0 amide bonds. The van der Waals surface area contributed by atoms with Gasteiger partial charge in [-0.25, -0.2) is 4.57 Å². The molecule has 0 aliphatic carbocycles. The summed E-state index contributed by atoms with van der Waals surface area (Å²) >= 11 is 0. The van der Waals surface area contributed by atoms with Crippen LogP contribution >= 0.6 is 0 Å². The summed E-state index contributed by atoms with van der Waals surface area (Å²) in [5.74, 6) is 0. The van der Waals surface area contributed by atoms with Gasteiger partial charge in [-0.15, -0.1) is 0 Å². The van der Waals surface area contributed by atoms with E-state index in [1.54, 1.807) is 0 Å². The van der Waals surface area contributed by atoms with Crippen molar-refractivity contribution in [1.29, 1.82) is 0 Å². The van der Waals surface area contributed by atoms with Gasteiger partial charge in [0.25, 0.3) is 0 Å². The van der Waals surface area contributed by atoms with E-state index in [0.29, 0.717) is 0 Å². The van der Waals surface area contributed by atoms with Crippen LogP contribution in [0.15, 0.2) is 42.6 Å². The molecule has 18 heavy (non-hydrogen) atoms. The first-order valence-corrected chi connectivity index (χ1v) is 5.95. The molecule has 1 nitrogen and oxygen atoms in total. The first kappa shape index (κ1) is 12.8. The molecule has 0 fully saturated rings. The van der Waals surface area contributed by atoms with Gasteiger partial charge in [0.2, 0.25) is 5.52 Å². The van der Waals surface area contributed by atoms with Gasteiger partial charge in [-0.2, -0.15) is 0 Å². The van der Waals surface area contributed by atoms with Crippen LogP contribution in [-0.2, 0) is 7.05 Å². The monoisotopic (exact) mass is 257 g/mol. The molecule has 0 aliphatic heterocycles. The minimum atomic E-state index is 0. The van der Waals surface area contributed by atoms with E-state index in [1.165, 1.54) is 32.8 Å². The molecule has 3 aromatic rings. The number of rotatable bonds is 0. The Labute approximate surface area is 113 Å². The van der Waals surface area contributed by atoms with Crippen molar-refractivity contribution in [3.63, 3.8) is 0 Å². The third kappa shape index (κ3) is 1.85. The highest BCUT2D eigenvalue weighted by Crippen LogP contribution is 2.25. The lowest BCUT2D eigenvalue weighted by molar-refractivity contribution is -0.643. The van der Waals surface area contributed by atoms with E-state index in [-0.39, 0.29) is 12.4 Å². The van der Waals surface area contributed by atoms with Gasteiger partial charge in [0.15, 0.2) is 6.20 Å². The third-order valence-corrected chi connectivity index (χ3v) is 3.38. The number of benzene rings is 2. The second kappa shape index (κ2) is 4.58. The second-order valence-electron chi connectivity index (χ2n) is 4.81. The maximum Gasteiger partial charge on any atom is 0.215 e. The van der Waals surface area contributed by atoms with E-state index in [0.717, 1.165) is 0 Å². The van der Waals surface area contributed by atoms with Crippen LogP contribution in [0.1, 0.15) is 11.1 Å². The molecule has 3 rings (SSSR count). The van der Waals surface area contributed by atoms with Crippen molar-refractivity contribution >= 4 is 21.7 Å². The molecule has 0 N–H and O–H groups in total. The smallest absolute Gasteiger partial charge is 0.215 e. The number of hydrogen-bond acceptors (Lipinski definition) is 0. The Balaban J connectivity index is 0.00000120. The van der Waals surface area contributed by atoms with Gasteiger partial charge in [0.1, 0.15) is 7.05 Å². The van der Waals surface area contributed by atoms with E-state index in [4.69, 9.17) is 0 Å².